The number of alkyl carbamates (subject to hydrolysis) is 1. The quantitative estimate of drug-likeness (QED) is 0.435. The van der Waals surface area contributed by atoms with E-state index in [1.54, 1.807) is 32.7 Å². The van der Waals surface area contributed by atoms with E-state index in [2.05, 4.69) is 20.7 Å². The molecular formula is C31H39ClN6O6. The van der Waals surface area contributed by atoms with Crippen molar-refractivity contribution in [3.05, 3.63) is 59.4 Å². The molecule has 4 rings (SSSR count). The third-order valence-corrected chi connectivity index (χ3v) is 7.55. The average Bonchev–Trinajstić information content (AvgIpc) is 3.18. The van der Waals surface area contributed by atoms with Gasteiger partial charge in [-0.3, -0.25) is 19.4 Å². The summed E-state index contributed by atoms with van der Waals surface area (Å²) in [4.78, 5) is 59.2. The van der Waals surface area contributed by atoms with Gasteiger partial charge in [0.1, 0.15) is 35.0 Å². The summed E-state index contributed by atoms with van der Waals surface area (Å²) < 4.78 is 11.2. The molecule has 2 N–H and O–H groups in total. The minimum Gasteiger partial charge on any atom is -0.489 e. The molecule has 0 spiro atoms. The van der Waals surface area contributed by atoms with Crippen LogP contribution in [0.1, 0.15) is 46.6 Å². The molecule has 2 aromatic rings. The van der Waals surface area contributed by atoms with Gasteiger partial charge >= 0.3 is 6.09 Å². The summed E-state index contributed by atoms with van der Waals surface area (Å²) in [7, 11) is 1.61. The molecule has 2 aliphatic rings. The first kappa shape index (κ1) is 32.7. The minimum absolute atomic E-state index is 0.0768. The van der Waals surface area contributed by atoms with Crippen LogP contribution in [0.2, 0.25) is 5.02 Å². The van der Waals surface area contributed by atoms with Gasteiger partial charge in [-0.1, -0.05) is 41.9 Å². The number of benzene rings is 1. The number of hydrogen-bond acceptors (Lipinski definition) is 8. The van der Waals surface area contributed by atoms with Crippen molar-refractivity contribution >= 4 is 41.1 Å². The fourth-order valence-electron chi connectivity index (χ4n) is 5.22. The Bertz CT molecular complexity index is 1440. The number of carbonyl (C=O) groups is 4. The van der Waals surface area contributed by atoms with Gasteiger partial charge in [0.2, 0.25) is 11.8 Å². The Kier molecular flexibility index (Phi) is 9.53. The van der Waals surface area contributed by atoms with Gasteiger partial charge in [0, 0.05) is 38.8 Å². The van der Waals surface area contributed by atoms with E-state index in [0.29, 0.717) is 30.2 Å². The summed E-state index contributed by atoms with van der Waals surface area (Å²) in [6.07, 6.45) is 2.86. The lowest BCUT2D eigenvalue weighted by Gasteiger charge is -2.41. The molecule has 2 atom stereocenters. The second-order valence-corrected chi connectivity index (χ2v) is 13.0. The van der Waals surface area contributed by atoms with Crippen molar-refractivity contribution < 1.29 is 28.7 Å². The Morgan fingerprint density at radius 1 is 1.11 bits per heavy atom. The number of halogens is 1. The van der Waals surface area contributed by atoms with Gasteiger partial charge in [0.15, 0.2) is 0 Å². The molecule has 44 heavy (non-hydrogen) atoms. The third kappa shape index (κ3) is 7.65. The summed E-state index contributed by atoms with van der Waals surface area (Å²) in [5, 5.41) is 11.5. The summed E-state index contributed by atoms with van der Waals surface area (Å²) in [6.45, 7) is 8.25. The van der Waals surface area contributed by atoms with Gasteiger partial charge in [-0.15, -0.1) is 0 Å². The summed E-state index contributed by atoms with van der Waals surface area (Å²) in [5.41, 5.74) is -1.59. The van der Waals surface area contributed by atoms with E-state index in [-0.39, 0.29) is 19.1 Å². The fourth-order valence-corrected chi connectivity index (χ4v) is 5.38. The number of rotatable bonds is 9. The maximum absolute atomic E-state index is 14.1. The molecule has 0 aliphatic carbocycles. The van der Waals surface area contributed by atoms with E-state index in [1.807, 2.05) is 30.3 Å². The molecule has 3 heterocycles. The average molecular weight is 627 g/mol. The molecule has 13 heteroatoms. The molecule has 0 radical (unpaired) electrons. The molecule has 1 aromatic heterocycles. The number of ether oxygens (including phenoxy) is 2. The molecule has 1 aromatic carbocycles. The molecule has 4 amide bonds. The zero-order valence-corrected chi connectivity index (χ0v) is 26.6. The number of amides is 4. The van der Waals surface area contributed by atoms with E-state index < -0.39 is 40.5 Å². The lowest BCUT2D eigenvalue weighted by molar-refractivity contribution is -0.143. The van der Waals surface area contributed by atoms with Crippen molar-refractivity contribution in [2.75, 3.05) is 26.7 Å². The molecule has 0 saturated carbocycles. The molecule has 2 aliphatic heterocycles. The number of fused-ring (bicyclic) bond motifs is 1. The van der Waals surface area contributed by atoms with Crippen LogP contribution in [0.15, 0.2) is 53.9 Å². The van der Waals surface area contributed by atoms with Gasteiger partial charge in [-0.2, -0.15) is 5.10 Å². The van der Waals surface area contributed by atoms with Crippen LogP contribution in [0, 0.1) is 5.41 Å². The van der Waals surface area contributed by atoms with Gasteiger partial charge in [0.25, 0.3) is 5.91 Å². The zero-order chi connectivity index (χ0) is 32.3. The Morgan fingerprint density at radius 2 is 1.82 bits per heavy atom. The molecular weight excluding hydrogens is 588 g/mol. The maximum atomic E-state index is 14.1. The Hall–Kier alpha value is -4.19. The number of hydrogen-bond donors (Lipinski definition) is 2. The number of pyridine rings is 1. The second kappa shape index (κ2) is 12.8. The zero-order valence-electron chi connectivity index (χ0n) is 25.8. The minimum atomic E-state index is -1.45. The highest BCUT2D eigenvalue weighted by atomic mass is 35.5. The highest BCUT2D eigenvalue weighted by Crippen LogP contribution is 2.38. The standard InChI is InChI=1S/C31H39ClN6O6/c1-29(2,3)44-28(42)35-30(4,5)26(40)34-23(18-43-22-14-21(32)16-33-17-22)25(39)38-13-12-24-31(19-38,27(41)37(6)36-24)15-20-10-8-7-9-11-20/h7-11,14,16-17,23H,12-13,15,18-19H2,1-6H3,(H,34,40)(H,35,42)/t23?,31-/m1/s1. The van der Waals surface area contributed by atoms with Crippen LogP contribution in [-0.2, 0) is 25.5 Å². The number of piperidine rings is 1. The first-order chi connectivity index (χ1) is 20.6. The number of aromatic nitrogens is 1. The Labute approximate surface area is 262 Å². The largest absolute Gasteiger partial charge is 0.489 e. The van der Waals surface area contributed by atoms with Gasteiger partial charge in [-0.05, 0) is 46.6 Å². The van der Waals surface area contributed by atoms with Crippen molar-refractivity contribution in [1.29, 1.82) is 0 Å². The number of likely N-dealkylation sites (tertiary alicyclic amines) is 1. The monoisotopic (exact) mass is 626 g/mol. The highest BCUT2D eigenvalue weighted by molar-refractivity contribution is 6.30. The topological polar surface area (TPSA) is 143 Å². The smallest absolute Gasteiger partial charge is 0.408 e. The third-order valence-electron chi connectivity index (χ3n) is 7.35. The number of nitrogens with one attached hydrogen (secondary N) is 2. The lowest BCUT2D eigenvalue weighted by atomic mass is 9.73. The van der Waals surface area contributed by atoms with Crippen LogP contribution < -0.4 is 15.4 Å². The number of carbonyl (C=O) groups excluding carboxylic acids is 4. The molecule has 1 saturated heterocycles. The molecule has 0 bridgehead atoms. The molecule has 1 unspecified atom stereocenters. The van der Waals surface area contributed by atoms with Crippen LogP contribution in [0.4, 0.5) is 4.79 Å². The number of nitrogens with zero attached hydrogens (tertiary/aromatic N) is 4. The van der Waals surface area contributed by atoms with E-state index in [1.165, 1.54) is 37.3 Å². The molecule has 236 valence electrons. The van der Waals surface area contributed by atoms with Crippen molar-refractivity contribution in [2.24, 2.45) is 10.5 Å². The van der Waals surface area contributed by atoms with Crippen molar-refractivity contribution in [3.63, 3.8) is 0 Å². The van der Waals surface area contributed by atoms with Crippen molar-refractivity contribution in [2.45, 2.75) is 64.6 Å². The summed E-state index contributed by atoms with van der Waals surface area (Å²) >= 11 is 6.06. The van der Waals surface area contributed by atoms with E-state index in [4.69, 9.17) is 21.1 Å². The summed E-state index contributed by atoms with van der Waals surface area (Å²) in [5.74, 6) is -0.977. The van der Waals surface area contributed by atoms with E-state index >= 15 is 0 Å². The molecule has 1 fully saturated rings. The SMILES string of the molecule is CN1N=C2CCN(C(=O)C(COc3cncc(Cl)c3)NC(=O)C(C)(C)NC(=O)OC(C)(C)C)C[C@@]2(Cc2ccccc2)C1=O. The van der Waals surface area contributed by atoms with Crippen LogP contribution in [0.5, 0.6) is 5.75 Å². The highest BCUT2D eigenvalue weighted by Gasteiger charge is 2.54. The van der Waals surface area contributed by atoms with Crippen LogP contribution >= 0.6 is 11.6 Å². The first-order valence-electron chi connectivity index (χ1n) is 14.3. The van der Waals surface area contributed by atoms with Gasteiger partial charge < -0.3 is 25.0 Å². The lowest BCUT2D eigenvalue weighted by Crippen LogP contribution is -2.63. The summed E-state index contributed by atoms with van der Waals surface area (Å²) in [6, 6.07) is 9.94. The van der Waals surface area contributed by atoms with Gasteiger partial charge in [-0.25, -0.2) is 9.80 Å². The predicted octanol–water partition coefficient (Wildman–Crippen LogP) is 3.19. The maximum Gasteiger partial charge on any atom is 0.408 e. The fraction of sp³-hybridized carbons (Fsp3) is 0.484. The first-order valence-corrected chi connectivity index (χ1v) is 14.7. The Balaban J connectivity index is 1.57. The number of hydrazone groups is 1. The Morgan fingerprint density at radius 3 is 2.48 bits per heavy atom. The predicted molar refractivity (Wildman–Crippen MR) is 164 cm³/mol. The van der Waals surface area contributed by atoms with Crippen LogP contribution in [0.25, 0.3) is 0 Å². The molecule has 12 nitrogen and oxygen atoms in total. The van der Waals surface area contributed by atoms with Crippen LogP contribution in [-0.4, -0.2) is 88.3 Å². The van der Waals surface area contributed by atoms with Crippen molar-refractivity contribution in [3.8, 4) is 5.75 Å². The normalized spacial score (nSPS) is 19.1. The van der Waals surface area contributed by atoms with Gasteiger partial charge in [0.05, 0.1) is 16.9 Å². The van der Waals surface area contributed by atoms with Crippen LogP contribution in [0.3, 0.4) is 0 Å². The second-order valence-electron chi connectivity index (χ2n) is 12.6. The van der Waals surface area contributed by atoms with Crippen molar-refractivity contribution in [1.82, 2.24) is 25.5 Å². The van der Waals surface area contributed by atoms with E-state index in [9.17, 15) is 19.2 Å². The van der Waals surface area contributed by atoms with E-state index in [0.717, 1.165) is 11.3 Å².